The van der Waals surface area contributed by atoms with E-state index in [0.29, 0.717) is 18.2 Å². The molecule has 1 aliphatic carbocycles. The Morgan fingerprint density at radius 2 is 2.00 bits per heavy atom. The molecule has 2 heterocycles. The van der Waals surface area contributed by atoms with Crippen molar-refractivity contribution in [3.63, 3.8) is 0 Å². The molecule has 1 saturated carbocycles. The number of fused-ring (bicyclic) bond motifs is 1. The quantitative estimate of drug-likeness (QED) is 0.802. The third-order valence-corrected chi connectivity index (χ3v) is 3.84. The normalized spacial score (nSPS) is 16.2. The summed E-state index contributed by atoms with van der Waals surface area (Å²) in [5, 5.41) is 0. The Hall–Kier alpha value is -1.97. The van der Waals surface area contributed by atoms with Gasteiger partial charge in [-0.3, -0.25) is 4.98 Å². The highest BCUT2D eigenvalue weighted by atomic mass is 16.5. The minimum atomic E-state index is -0.332. The minimum absolute atomic E-state index is 0.332. The number of carbonyl (C=O) groups is 1. The highest BCUT2D eigenvalue weighted by Gasteiger charge is 2.17. The van der Waals surface area contributed by atoms with Crippen molar-refractivity contribution in [2.75, 3.05) is 6.61 Å². The lowest BCUT2D eigenvalue weighted by Crippen LogP contribution is -2.17. The highest BCUT2D eigenvalue weighted by molar-refractivity contribution is 5.90. The van der Waals surface area contributed by atoms with Gasteiger partial charge in [-0.1, -0.05) is 19.3 Å². The van der Waals surface area contributed by atoms with E-state index in [1.165, 1.54) is 32.1 Å². The molecule has 0 saturated heterocycles. The second-order valence-electron chi connectivity index (χ2n) is 5.34. The third kappa shape index (κ3) is 2.95. The van der Waals surface area contributed by atoms with Gasteiger partial charge in [0, 0.05) is 6.20 Å². The standard InChI is InChI=1S/C16H18N2O2/c19-16(20-11-12-5-2-1-3-6-12)15-9-8-13-14(18-15)7-4-10-17-13/h4,7-10,12H,1-3,5-6,11H2. The van der Waals surface area contributed by atoms with E-state index in [9.17, 15) is 4.79 Å². The molecule has 0 bridgehead atoms. The summed E-state index contributed by atoms with van der Waals surface area (Å²) in [6.45, 7) is 0.519. The second kappa shape index (κ2) is 5.99. The van der Waals surface area contributed by atoms with E-state index in [4.69, 9.17) is 4.74 Å². The molecule has 20 heavy (non-hydrogen) atoms. The summed E-state index contributed by atoms with van der Waals surface area (Å²) in [6, 6.07) is 7.14. The third-order valence-electron chi connectivity index (χ3n) is 3.84. The van der Waals surface area contributed by atoms with Crippen LogP contribution in [0.3, 0.4) is 0 Å². The Labute approximate surface area is 118 Å². The van der Waals surface area contributed by atoms with Crippen molar-refractivity contribution in [1.82, 2.24) is 9.97 Å². The van der Waals surface area contributed by atoms with Gasteiger partial charge in [0.25, 0.3) is 0 Å². The van der Waals surface area contributed by atoms with Crippen molar-refractivity contribution in [1.29, 1.82) is 0 Å². The number of esters is 1. The fourth-order valence-corrected chi connectivity index (χ4v) is 2.69. The number of nitrogens with zero attached hydrogens (tertiary/aromatic N) is 2. The summed E-state index contributed by atoms with van der Waals surface area (Å²) in [5.74, 6) is 0.191. The van der Waals surface area contributed by atoms with E-state index in [1.807, 2.05) is 12.1 Å². The van der Waals surface area contributed by atoms with E-state index < -0.39 is 0 Å². The van der Waals surface area contributed by atoms with Gasteiger partial charge in [-0.05, 0) is 43.0 Å². The zero-order valence-electron chi connectivity index (χ0n) is 11.4. The number of rotatable bonds is 3. The largest absolute Gasteiger partial charge is 0.461 e. The van der Waals surface area contributed by atoms with Crippen LogP contribution in [0.25, 0.3) is 11.0 Å². The number of pyridine rings is 2. The SMILES string of the molecule is O=C(OCC1CCCCC1)c1ccc2ncccc2n1. The van der Waals surface area contributed by atoms with Crippen LogP contribution in [0.5, 0.6) is 0 Å². The number of aromatic nitrogens is 2. The summed E-state index contributed by atoms with van der Waals surface area (Å²) in [5.41, 5.74) is 1.87. The van der Waals surface area contributed by atoms with Gasteiger partial charge in [0.2, 0.25) is 0 Å². The maximum absolute atomic E-state index is 12.0. The average Bonchev–Trinajstić information content (AvgIpc) is 2.53. The lowest BCUT2D eigenvalue weighted by atomic mass is 9.90. The first-order valence-electron chi connectivity index (χ1n) is 7.22. The molecule has 1 fully saturated rings. The molecule has 0 aliphatic heterocycles. The molecule has 4 heteroatoms. The molecule has 1 aliphatic rings. The molecular formula is C16H18N2O2. The predicted octanol–water partition coefficient (Wildman–Crippen LogP) is 3.37. The molecule has 2 aromatic rings. The summed E-state index contributed by atoms with van der Waals surface area (Å²) in [7, 11) is 0. The zero-order valence-corrected chi connectivity index (χ0v) is 11.4. The number of carbonyl (C=O) groups excluding carboxylic acids is 1. The van der Waals surface area contributed by atoms with Crippen LogP contribution in [0.2, 0.25) is 0 Å². The summed E-state index contributed by atoms with van der Waals surface area (Å²) in [6.07, 6.45) is 7.86. The van der Waals surface area contributed by atoms with E-state index in [0.717, 1.165) is 11.0 Å². The van der Waals surface area contributed by atoms with Gasteiger partial charge in [-0.2, -0.15) is 0 Å². The van der Waals surface area contributed by atoms with E-state index in [2.05, 4.69) is 9.97 Å². The highest BCUT2D eigenvalue weighted by Crippen LogP contribution is 2.24. The summed E-state index contributed by atoms with van der Waals surface area (Å²) in [4.78, 5) is 20.5. The predicted molar refractivity (Wildman–Crippen MR) is 76.4 cm³/mol. The molecular weight excluding hydrogens is 252 g/mol. The van der Waals surface area contributed by atoms with Gasteiger partial charge in [0.15, 0.2) is 0 Å². The maximum Gasteiger partial charge on any atom is 0.356 e. The molecule has 0 radical (unpaired) electrons. The smallest absolute Gasteiger partial charge is 0.356 e. The van der Waals surface area contributed by atoms with Gasteiger partial charge in [-0.25, -0.2) is 9.78 Å². The van der Waals surface area contributed by atoms with Crippen LogP contribution in [0.1, 0.15) is 42.6 Å². The zero-order chi connectivity index (χ0) is 13.8. The minimum Gasteiger partial charge on any atom is -0.461 e. The van der Waals surface area contributed by atoms with Crippen LogP contribution in [-0.2, 0) is 4.74 Å². The molecule has 0 atom stereocenters. The van der Waals surface area contributed by atoms with Crippen molar-refractivity contribution in [3.05, 3.63) is 36.2 Å². The van der Waals surface area contributed by atoms with Crippen molar-refractivity contribution in [2.24, 2.45) is 5.92 Å². The summed E-state index contributed by atoms with van der Waals surface area (Å²) >= 11 is 0. The van der Waals surface area contributed by atoms with Gasteiger partial charge in [-0.15, -0.1) is 0 Å². The fraction of sp³-hybridized carbons (Fsp3) is 0.438. The van der Waals surface area contributed by atoms with Crippen molar-refractivity contribution < 1.29 is 9.53 Å². The molecule has 4 nitrogen and oxygen atoms in total. The molecule has 0 unspecified atom stereocenters. The van der Waals surface area contributed by atoms with Crippen LogP contribution in [0.15, 0.2) is 30.5 Å². The molecule has 0 aromatic carbocycles. The fourth-order valence-electron chi connectivity index (χ4n) is 2.69. The molecule has 0 spiro atoms. The Balaban J connectivity index is 1.65. The first-order chi connectivity index (χ1) is 9.83. The molecule has 0 amide bonds. The Morgan fingerprint density at radius 3 is 2.85 bits per heavy atom. The molecule has 0 N–H and O–H groups in total. The van der Waals surface area contributed by atoms with E-state index in [-0.39, 0.29) is 5.97 Å². The van der Waals surface area contributed by atoms with Crippen LogP contribution >= 0.6 is 0 Å². The molecule has 104 valence electrons. The number of hydrogen-bond donors (Lipinski definition) is 0. The van der Waals surface area contributed by atoms with E-state index in [1.54, 1.807) is 18.3 Å². The summed E-state index contributed by atoms with van der Waals surface area (Å²) < 4.78 is 5.39. The van der Waals surface area contributed by atoms with Gasteiger partial charge in [0.1, 0.15) is 5.69 Å². The van der Waals surface area contributed by atoms with Crippen LogP contribution < -0.4 is 0 Å². The van der Waals surface area contributed by atoms with Crippen molar-refractivity contribution in [2.45, 2.75) is 32.1 Å². The Kier molecular flexibility index (Phi) is 3.90. The Morgan fingerprint density at radius 1 is 1.15 bits per heavy atom. The molecule has 2 aromatic heterocycles. The van der Waals surface area contributed by atoms with E-state index >= 15 is 0 Å². The lowest BCUT2D eigenvalue weighted by molar-refractivity contribution is 0.0404. The van der Waals surface area contributed by atoms with Gasteiger partial charge >= 0.3 is 5.97 Å². The van der Waals surface area contributed by atoms with Crippen LogP contribution in [0.4, 0.5) is 0 Å². The lowest BCUT2D eigenvalue weighted by Gasteiger charge is -2.20. The van der Waals surface area contributed by atoms with Gasteiger partial charge < -0.3 is 4.74 Å². The first kappa shape index (κ1) is 13.0. The van der Waals surface area contributed by atoms with Crippen LogP contribution in [0, 0.1) is 5.92 Å². The maximum atomic E-state index is 12.0. The molecule has 3 rings (SSSR count). The monoisotopic (exact) mass is 270 g/mol. The number of hydrogen-bond acceptors (Lipinski definition) is 4. The average molecular weight is 270 g/mol. The first-order valence-corrected chi connectivity index (χ1v) is 7.22. The van der Waals surface area contributed by atoms with Gasteiger partial charge in [0.05, 0.1) is 17.6 Å². The Bertz CT molecular complexity index is 606. The van der Waals surface area contributed by atoms with Crippen molar-refractivity contribution >= 4 is 17.0 Å². The number of ether oxygens (including phenoxy) is 1. The van der Waals surface area contributed by atoms with Crippen molar-refractivity contribution in [3.8, 4) is 0 Å². The topological polar surface area (TPSA) is 52.1 Å². The van der Waals surface area contributed by atoms with Crippen LogP contribution in [-0.4, -0.2) is 22.5 Å². The second-order valence-corrected chi connectivity index (χ2v) is 5.34.